The lowest BCUT2D eigenvalue weighted by Crippen LogP contribution is -2.20. The van der Waals surface area contributed by atoms with Gasteiger partial charge in [-0.25, -0.2) is 0 Å². The Morgan fingerprint density at radius 2 is 1.12 bits per heavy atom. The normalized spacial score (nSPS) is 15.0. The van der Waals surface area contributed by atoms with Crippen LogP contribution in [0.1, 0.15) is 25.7 Å². The molecule has 1 rings (SSSR count). The molecule has 0 bridgehead atoms. The minimum atomic E-state index is -0.333. The first-order valence-corrected chi connectivity index (χ1v) is 2.83. The van der Waals surface area contributed by atoms with E-state index in [1.54, 1.807) is 0 Å². The molecule has 1 saturated carbocycles. The molecule has 0 radical (unpaired) electrons. The average molecular weight is 115 g/mol. The molecule has 3 heteroatoms. The van der Waals surface area contributed by atoms with Crippen molar-refractivity contribution >= 4 is 5.96 Å². The van der Waals surface area contributed by atoms with E-state index in [1.165, 1.54) is 25.7 Å². The maximum Gasteiger partial charge on any atom is 0.183 e. The third-order valence-electron chi connectivity index (χ3n) is 1.000. The second kappa shape index (κ2) is 4.43. The first-order chi connectivity index (χ1) is 3.73. The molecule has 3 nitrogen and oxygen atoms in total. The van der Waals surface area contributed by atoms with Crippen molar-refractivity contribution in [2.45, 2.75) is 25.7 Å². The fraction of sp³-hybridized carbons (Fsp3) is 0.800. The molecule has 1 fully saturated rings. The summed E-state index contributed by atoms with van der Waals surface area (Å²) in [6.07, 6.45) is 6.00. The standard InChI is InChI=1S/C4H8.CH5N3/c1-2-4-3-1;2-1(3)4/h1-4H2;(H5,2,3,4). The van der Waals surface area contributed by atoms with Crippen LogP contribution in [0.3, 0.4) is 0 Å². The van der Waals surface area contributed by atoms with E-state index in [0.29, 0.717) is 0 Å². The van der Waals surface area contributed by atoms with Crippen molar-refractivity contribution in [3.63, 3.8) is 0 Å². The molecule has 0 saturated heterocycles. The van der Waals surface area contributed by atoms with Crippen LogP contribution >= 0.6 is 0 Å². The minimum absolute atomic E-state index is 0.333. The lowest BCUT2D eigenvalue weighted by molar-refractivity contribution is 0.504. The van der Waals surface area contributed by atoms with Crippen molar-refractivity contribution in [2.24, 2.45) is 11.5 Å². The van der Waals surface area contributed by atoms with Crippen molar-refractivity contribution in [2.75, 3.05) is 0 Å². The Labute approximate surface area is 49.6 Å². The Morgan fingerprint density at radius 3 is 1.12 bits per heavy atom. The van der Waals surface area contributed by atoms with E-state index in [2.05, 4.69) is 11.5 Å². The highest BCUT2D eigenvalue weighted by Crippen LogP contribution is 2.15. The fourth-order valence-electron chi connectivity index (χ4n) is 0.250. The summed E-state index contributed by atoms with van der Waals surface area (Å²) in [7, 11) is 0. The van der Waals surface area contributed by atoms with Gasteiger partial charge in [0.1, 0.15) is 0 Å². The SMILES string of the molecule is C1CCC1.N=C(N)N. The fourth-order valence-corrected chi connectivity index (χ4v) is 0.250. The third kappa shape index (κ3) is 8.99. The molecule has 0 spiro atoms. The quantitative estimate of drug-likeness (QED) is 0.315. The molecule has 5 N–H and O–H groups in total. The highest BCUT2D eigenvalue weighted by Gasteiger charge is 1.95. The summed E-state index contributed by atoms with van der Waals surface area (Å²) in [6, 6.07) is 0. The van der Waals surface area contributed by atoms with Gasteiger partial charge in [0, 0.05) is 0 Å². The second-order valence-electron chi connectivity index (χ2n) is 1.87. The molecule has 0 aromatic carbocycles. The predicted molar refractivity (Wildman–Crippen MR) is 34.6 cm³/mol. The van der Waals surface area contributed by atoms with Gasteiger partial charge in [-0.1, -0.05) is 25.7 Å². The number of hydrogen-bond acceptors (Lipinski definition) is 1. The summed E-state index contributed by atoms with van der Waals surface area (Å²) in [5.74, 6) is -0.333. The van der Waals surface area contributed by atoms with Gasteiger partial charge in [0.05, 0.1) is 0 Å². The summed E-state index contributed by atoms with van der Waals surface area (Å²) in [5, 5.41) is 6.06. The van der Waals surface area contributed by atoms with Crippen LogP contribution in [0.5, 0.6) is 0 Å². The molecule has 1 aliphatic carbocycles. The second-order valence-corrected chi connectivity index (χ2v) is 1.87. The highest BCUT2D eigenvalue weighted by atomic mass is 14.9. The van der Waals surface area contributed by atoms with Crippen LogP contribution in [0.15, 0.2) is 0 Å². The topological polar surface area (TPSA) is 75.9 Å². The molecule has 48 valence electrons. The number of rotatable bonds is 0. The summed E-state index contributed by atoms with van der Waals surface area (Å²) in [4.78, 5) is 0. The molecule has 0 aromatic rings. The zero-order valence-electron chi connectivity index (χ0n) is 4.98. The van der Waals surface area contributed by atoms with E-state index in [0.717, 1.165) is 0 Å². The van der Waals surface area contributed by atoms with Gasteiger partial charge in [-0.3, -0.25) is 5.41 Å². The van der Waals surface area contributed by atoms with Gasteiger partial charge in [0.25, 0.3) is 0 Å². The molecule has 0 atom stereocenters. The molecule has 0 amide bonds. The number of hydrogen-bond donors (Lipinski definition) is 3. The molecule has 0 aliphatic heterocycles. The summed E-state index contributed by atoms with van der Waals surface area (Å²) in [6.45, 7) is 0. The molecule has 0 aromatic heterocycles. The Hall–Kier alpha value is -0.730. The number of nitrogens with one attached hydrogen (secondary N) is 1. The van der Waals surface area contributed by atoms with Gasteiger partial charge >= 0.3 is 0 Å². The predicted octanol–water partition coefficient (Wildman–Crippen LogP) is 0.399. The smallest absolute Gasteiger partial charge is 0.183 e. The minimum Gasteiger partial charge on any atom is -0.370 e. The van der Waals surface area contributed by atoms with Crippen LogP contribution in [-0.2, 0) is 0 Å². The van der Waals surface area contributed by atoms with Crippen LogP contribution in [0.2, 0.25) is 0 Å². The van der Waals surface area contributed by atoms with Crippen LogP contribution in [-0.4, -0.2) is 5.96 Å². The van der Waals surface area contributed by atoms with Crippen molar-refractivity contribution in [1.29, 1.82) is 5.41 Å². The largest absolute Gasteiger partial charge is 0.370 e. The van der Waals surface area contributed by atoms with E-state index in [9.17, 15) is 0 Å². The van der Waals surface area contributed by atoms with Gasteiger partial charge in [-0.2, -0.15) is 0 Å². The van der Waals surface area contributed by atoms with Gasteiger partial charge in [-0.15, -0.1) is 0 Å². The van der Waals surface area contributed by atoms with Gasteiger partial charge < -0.3 is 11.5 Å². The average Bonchev–Trinajstić information content (AvgIpc) is 1.19. The summed E-state index contributed by atoms with van der Waals surface area (Å²) >= 11 is 0. The van der Waals surface area contributed by atoms with Crippen molar-refractivity contribution < 1.29 is 0 Å². The van der Waals surface area contributed by atoms with Crippen molar-refractivity contribution in [1.82, 2.24) is 0 Å². The monoisotopic (exact) mass is 115 g/mol. The zero-order valence-corrected chi connectivity index (χ0v) is 4.98. The summed E-state index contributed by atoms with van der Waals surface area (Å²) in [5.41, 5.74) is 8.94. The molecule has 1 aliphatic rings. The zero-order chi connectivity index (χ0) is 6.41. The van der Waals surface area contributed by atoms with E-state index in [4.69, 9.17) is 5.41 Å². The molecular formula is C5H13N3. The van der Waals surface area contributed by atoms with E-state index >= 15 is 0 Å². The lowest BCUT2D eigenvalue weighted by Gasteiger charge is -2.05. The van der Waals surface area contributed by atoms with Crippen molar-refractivity contribution in [3.8, 4) is 0 Å². The maximum atomic E-state index is 6.06. The number of nitrogens with two attached hydrogens (primary N) is 2. The van der Waals surface area contributed by atoms with Crippen molar-refractivity contribution in [3.05, 3.63) is 0 Å². The van der Waals surface area contributed by atoms with E-state index in [1.807, 2.05) is 0 Å². The molecule has 0 heterocycles. The maximum absolute atomic E-state index is 6.06. The highest BCUT2D eigenvalue weighted by molar-refractivity contribution is 5.71. The van der Waals surface area contributed by atoms with Crippen LogP contribution < -0.4 is 11.5 Å². The van der Waals surface area contributed by atoms with Crippen LogP contribution in [0.25, 0.3) is 0 Å². The lowest BCUT2D eigenvalue weighted by atomic mass is 10.0. The van der Waals surface area contributed by atoms with Crippen LogP contribution in [0, 0.1) is 5.41 Å². The number of guanidine groups is 1. The molecule has 8 heavy (non-hydrogen) atoms. The third-order valence-corrected chi connectivity index (χ3v) is 1.000. The Balaban J connectivity index is 0.000000122. The van der Waals surface area contributed by atoms with E-state index < -0.39 is 0 Å². The Bertz CT molecular complexity index is 58.1. The van der Waals surface area contributed by atoms with Crippen LogP contribution in [0.4, 0.5) is 0 Å². The summed E-state index contributed by atoms with van der Waals surface area (Å²) < 4.78 is 0. The first-order valence-electron chi connectivity index (χ1n) is 2.83. The van der Waals surface area contributed by atoms with Gasteiger partial charge in [0.2, 0.25) is 0 Å². The molecule has 0 unspecified atom stereocenters. The van der Waals surface area contributed by atoms with Gasteiger partial charge in [0.15, 0.2) is 5.96 Å². The Kier molecular flexibility index (Phi) is 4.03. The van der Waals surface area contributed by atoms with E-state index in [-0.39, 0.29) is 5.96 Å². The first kappa shape index (κ1) is 7.27. The molecular weight excluding hydrogens is 102 g/mol. The van der Waals surface area contributed by atoms with Gasteiger partial charge in [-0.05, 0) is 0 Å². The Morgan fingerprint density at radius 1 is 1.00 bits per heavy atom.